The summed E-state index contributed by atoms with van der Waals surface area (Å²) in [6, 6.07) is 30.6. The van der Waals surface area contributed by atoms with Crippen LogP contribution in [0.2, 0.25) is 0 Å². The second-order valence-corrected chi connectivity index (χ2v) is 11.4. The monoisotopic (exact) mass is 646 g/mol. The Morgan fingerprint density at radius 3 is 1.56 bits per heavy atom. The molecule has 0 saturated heterocycles. The molecular weight excluding hydrogens is 626 g/mol. The van der Waals surface area contributed by atoms with Crippen LogP contribution < -0.4 is 0 Å². The van der Waals surface area contributed by atoms with Gasteiger partial charge in [-0.3, -0.25) is 4.98 Å². The topological polar surface area (TPSA) is 46.5 Å². The zero-order chi connectivity index (χ0) is 33.4. The standard InChI is InChI=1S/C38H20F6N4/c39-37(40,41)24-11-13-33-29(17-24)26-7-1-3-9-31(26)47(33)35-19-28(22-6-5-15-46-21-22)36(16-23(35)20-45)48-32-10-4-2-8-27(32)30-18-25(38(42,43)44)12-14-34(30)48/h1-19,21H. The van der Waals surface area contributed by atoms with Crippen LogP contribution in [0.3, 0.4) is 0 Å². The summed E-state index contributed by atoms with van der Waals surface area (Å²) >= 11 is 0. The van der Waals surface area contributed by atoms with Crippen LogP contribution in [0, 0.1) is 11.3 Å². The summed E-state index contributed by atoms with van der Waals surface area (Å²) in [5.41, 5.74) is 3.07. The molecule has 0 aliphatic carbocycles. The number of hydrogen-bond donors (Lipinski definition) is 0. The number of pyridine rings is 1. The first-order valence-corrected chi connectivity index (χ1v) is 14.7. The number of alkyl halides is 6. The average Bonchev–Trinajstić information content (AvgIpc) is 3.59. The Morgan fingerprint density at radius 1 is 0.542 bits per heavy atom. The first-order valence-electron chi connectivity index (χ1n) is 14.7. The fraction of sp³-hybridized carbons (Fsp3) is 0.0526. The number of nitrogens with zero attached hydrogens (tertiary/aromatic N) is 4. The summed E-state index contributed by atoms with van der Waals surface area (Å²) in [6.45, 7) is 0. The highest BCUT2D eigenvalue weighted by Crippen LogP contribution is 2.42. The van der Waals surface area contributed by atoms with E-state index in [1.807, 2.05) is 10.6 Å². The van der Waals surface area contributed by atoms with Gasteiger partial charge in [-0.15, -0.1) is 0 Å². The van der Waals surface area contributed by atoms with E-state index in [1.54, 1.807) is 83.7 Å². The molecule has 0 radical (unpaired) electrons. The van der Waals surface area contributed by atoms with E-state index in [1.165, 1.54) is 12.1 Å². The highest BCUT2D eigenvalue weighted by Gasteiger charge is 2.32. The molecule has 10 heteroatoms. The summed E-state index contributed by atoms with van der Waals surface area (Å²) in [4.78, 5) is 4.30. The average molecular weight is 647 g/mol. The molecule has 0 fully saturated rings. The van der Waals surface area contributed by atoms with Crippen molar-refractivity contribution >= 4 is 43.6 Å². The minimum Gasteiger partial charge on any atom is -0.309 e. The largest absolute Gasteiger partial charge is 0.416 e. The van der Waals surface area contributed by atoms with E-state index in [4.69, 9.17) is 0 Å². The van der Waals surface area contributed by atoms with Gasteiger partial charge in [-0.1, -0.05) is 42.5 Å². The van der Waals surface area contributed by atoms with E-state index in [9.17, 15) is 31.6 Å². The SMILES string of the molecule is N#Cc1cc(-n2c3ccccc3c3cc(C(F)(F)F)ccc32)c(-c2cccnc2)cc1-n1c2ccccc2c2cc(C(F)(F)F)ccc21. The van der Waals surface area contributed by atoms with Crippen LogP contribution in [-0.2, 0) is 12.4 Å². The lowest BCUT2D eigenvalue weighted by Gasteiger charge is -2.19. The van der Waals surface area contributed by atoms with Crippen molar-refractivity contribution in [1.29, 1.82) is 5.26 Å². The molecule has 0 aliphatic heterocycles. The lowest BCUT2D eigenvalue weighted by Crippen LogP contribution is -2.06. The molecule has 4 nitrogen and oxygen atoms in total. The van der Waals surface area contributed by atoms with Gasteiger partial charge in [0.05, 0.1) is 50.1 Å². The van der Waals surface area contributed by atoms with Gasteiger partial charge >= 0.3 is 12.4 Å². The molecule has 5 aromatic carbocycles. The fourth-order valence-corrected chi connectivity index (χ4v) is 6.61. The van der Waals surface area contributed by atoms with Crippen LogP contribution in [0.5, 0.6) is 0 Å². The number of aromatic nitrogens is 3. The highest BCUT2D eigenvalue weighted by molar-refractivity contribution is 6.11. The molecule has 0 saturated carbocycles. The summed E-state index contributed by atoms with van der Waals surface area (Å²) in [5, 5.41) is 12.5. The zero-order valence-electron chi connectivity index (χ0n) is 24.6. The maximum Gasteiger partial charge on any atom is 0.416 e. The van der Waals surface area contributed by atoms with Crippen LogP contribution in [0.15, 0.2) is 122 Å². The molecule has 8 aromatic rings. The van der Waals surface area contributed by atoms with Crippen molar-refractivity contribution in [3.63, 3.8) is 0 Å². The maximum absolute atomic E-state index is 13.8. The number of benzene rings is 5. The van der Waals surface area contributed by atoms with Gasteiger partial charge in [0.1, 0.15) is 6.07 Å². The van der Waals surface area contributed by atoms with Crippen molar-refractivity contribution in [3.05, 3.63) is 138 Å². The Balaban J connectivity index is 1.48. The number of fused-ring (bicyclic) bond motifs is 6. The molecule has 3 aromatic heterocycles. The van der Waals surface area contributed by atoms with E-state index in [-0.39, 0.29) is 5.56 Å². The Labute approximate surface area is 268 Å². The van der Waals surface area contributed by atoms with Gasteiger partial charge in [-0.05, 0) is 66.7 Å². The molecule has 48 heavy (non-hydrogen) atoms. The first-order chi connectivity index (χ1) is 23.0. The third kappa shape index (κ3) is 4.50. The van der Waals surface area contributed by atoms with Crippen LogP contribution in [0.4, 0.5) is 26.3 Å². The summed E-state index contributed by atoms with van der Waals surface area (Å²) in [7, 11) is 0. The predicted molar refractivity (Wildman–Crippen MR) is 173 cm³/mol. The fourth-order valence-electron chi connectivity index (χ4n) is 6.61. The third-order valence-corrected chi connectivity index (χ3v) is 8.69. The van der Waals surface area contributed by atoms with Crippen molar-refractivity contribution in [2.75, 3.05) is 0 Å². The van der Waals surface area contributed by atoms with Gasteiger partial charge < -0.3 is 9.13 Å². The second-order valence-electron chi connectivity index (χ2n) is 11.4. The van der Waals surface area contributed by atoms with Crippen LogP contribution in [0.25, 0.3) is 66.1 Å². The molecule has 3 heterocycles. The Kier molecular flexibility index (Phi) is 6.40. The minimum atomic E-state index is -4.55. The van der Waals surface area contributed by atoms with Crippen molar-refractivity contribution in [1.82, 2.24) is 14.1 Å². The van der Waals surface area contributed by atoms with E-state index in [2.05, 4.69) is 11.1 Å². The molecular formula is C38H20F6N4. The van der Waals surface area contributed by atoms with E-state index < -0.39 is 23.5 Å². The molecule has 0 N–H and O–H groups in total. The quantitative estimate of drug-likeness (QED) is 0.179. The normalized spacial score (nSPS) is 12.4. The van der Waals surface area contributed by atoms with Gasteiger partial charge in [0, 0.05) is 45.1 Å². The van der Waals surface area contributed by atoms with Gasteiger partial charge in [0.25, 0.3) is 0 Å². The second kappa shape index (κ2) is 10.5. The molecule has 0 amide bonds. The van der Waals surface area contributed by atoms with Crippen molar-refractivity contribution in [2.24, 2.45) is 0 Å². The molecule has 0 bridgehead atoms. The molecule has 0 atom stereocenters. The van der Waals surface area contributed by atoms with Crippen LogP contribution >= 0.6 is 0 Å². The molecule has 0 spiro atoms. The van der Waals surface area contributed by atoms with E-state index in [0.29, 0.717) is 66.1 Å². The molecule has 8 rings (SSSR count). The van der Waals surface area contributed by atoms with E-state index in [0.717, 1.165) is 24.3 Å². The van der Waals surface area contributed by atoms with Crippen LogP contribution in [0.1, 0.15) is 16.7 Å². The maximum atomic E-state index is 13.8. The van der Waals surface area contributed by atoms with Gasteiger partial charge in [-0.2, -0.15) is 31.6 Å². The van der Waals surface area contributed by atoms with E-state index >= 15 is 0 Å². The molecule has 0 aliphatic rings. The van der Waals surface area contributed by atoms with Crippen LogP contribution in [-0.4, -0.2) is 14.1 Å². The van der Waals surface area contributed by atoms with Crippen molar-refractivity contribution in [3.8, 4) is 28.6 Å². The Hall–Kier alpha value is -6.08. The van der Waals surface area contributed by atoms with Gasteiger partial charge in [0.15, 0.2) is 0 Å². The summed E-state index contributed by atoms with van der Waals surface area (Å²) < 4.78 is 86.3. The molecule has 0 unspecified atom stereocenters. The summed E-state index contributed by atoms with van der Waals surface area (Å²) in [5.74, 6) is 0. The number of rotatable bonds is 3. The minimum absolute atomic E-state index is 0.207. The lowest BCUT2D eigenvalue weighted by atomic mass is 10.0. The highest BCUT2D eigenvalue weighted by atomic mass is 19.4. The first kappa shape index (κ1) is 29.3. The van der Waals surface area contributed by atoms with Gasteiger partial charge in [-0.25, -0.2) is 0 Å². The number of halogens is 6. The third-order valence-electron chi connectivity index (χ3n) is 8.69. The lowest BCUT2D eigenvalue weighted by molar-refractivity contribution is -0.138. The van der Waals surface area contributed by atoms with Crippen molar-refractivity contribution in [2.45, 2.75) is 12.4 Å². The smallest absolute Gasteiger partial charge is 0.309 e. The summed E-state index contributed by atoms with van der Waals surface area (Å²) in [6.07, 6.45) is -5.84. The number of para-hydroxylation sites is 2. The zero-order valence-corrected chi connectivity index (χ0v) is 24.6. The van der Waals surface area contributed by atoms with Crippen molar-refractivity contribution < 1.29 is 26.3 Å². The number of hydrogen-bond acceptors (Lipinski definition) is 2. The Morgan fingerprint density at radius 2 is 1.06 bits per heavy atom. The Bertz CT molecular complexity index is 2600. The number of nitriles is 1. The van der Waals surface area contributed by atoms with Gasteiger partial charge in [0.2, 0.25) is 0 Å². The predicted octanol–water partition coefficient (Wildman–Crippen LogP) is 10.9. The molecule has 234 valence electrons.